The SMILES string of the molecule is Cc1cccc(C)c1-c1cccc2c1C=C[CH]2[Hf]([CH3])([CH3])([CH]1C=Cc2c(-c3c(C)cccc3C)cccc21)=[Si](C)C. The molecule has 0 N–H and O–H groups in total. The first-order valence-electron chi connectivity index (χ1n) is 14.8. The van der Waals surface area contributed by atoms with E-state index in [-0.39, 0.29) is 0 Å². The summed E-state index contributed by atoms with van der Waals surface area (Å²) < 4.78 is 6.75. The molecule has 2 unspecified atom stereocenters. The Kier molecular flexibility index (Phi) is 6.75. The predicted molar refractivity (Wildman–Crippen MR) is 175 cm³/mol. The van der Waals surface area contributed by atoms with Gasteiger partial charge >= 0.3 is 244 Å². The van der Waals surface area contributed by atoms with Gasteiger partial charge in [-0.1, -0.05) is 0 Å². The molecule has 2 atom stereocenters. The summed E-state index contributed by atoms with van der Waals surface area (Å²) in [6, 6.07) is 27.7. The molecule has 0 saturated carbocycles. The van der Waals surface area contributed by atoms with E-state index >= 15 is 0 Å². The van der Waals surface area contributed by atoms with E-state index in [2.05, 4.69) is 147 Å². The molecule has 40 heavy (non-hydrogen) atoms. The zero-order valence-corrected chi connectivity index (χ0v) is 30.0. The average Bonchev–Trinajstić information content (AvgIpc) is 3.55. The van der Waals surface area contributed by atoms with Gasteiger partial charge in [0, 0.05) is 0 Å². The van der Waals surface area contributed by atoms with Crippen LogP contribution in [-0.4, -0.2) is 5.49 Å². The topological polar surface area (TPSA) is 0 Å². The van der Waals surface area contributed by atoms with Crippen LogP contribution in [0.1, 0.15) is 51.9 Å². The van der Waals surface area contributed by atoms with Crippen molar-refractivity contribution >= 4 is 17.6 Å². The molecule has 0 spiro atoms. The minimum atomic E-state index is -3.70. The molecule has 0 radical (unpaired) electrons. The van der Waals surface area contributed by atoms with Crippen molar-refractivity contribution in [1.29, 1.82) is 0 Å². The molecule has 0 fully saturated rings. The van der Waals surface area contributed by atoms with Crippen molar-refractivity contribution in [2.24, 2.45) is 0 Å². The third-order valence-corrected chi connectivity index (χ3v) is 70.5. The van der Waals surface area contributed by atoms with E-state index < -0.39 is 22.6 Å². The van der Waals surface area contributed by atoms with Crippen molar-refractivity contribution < 1.29 is 17.1 Å². The fraction of sp³-hybridized carbons (Fsp3) is 0.263. The van der Waals surface area contributed by atoms with E-state index in [1.165, 1.54) is 55.6 Å². The normalized spacial score (nSPS) is 17.7. The summed E-state index contributed by atoms with van der Waals surface area (Å²) in [7, 11) is 0. The van der Waals surface area contributed by atoms with Crippen LogP contribution >= 0.6 is 0 Å². The second kappa shape index (κ2) is 9.77. The fourth-order valence-electron chi connectivity index (χ4n) is 7.95. The molecule has 2 heteroatoms. The van der Waals surface area contributed by atoms with Crippen molar-refractivity contribution in [1.82, 2.24) is 0 Å². The molecule has 202 valence electrons. The van der Waals surface area contributed by atoms with E-state index in [9.17, 15) is 0 Å². The maximum atomic E-state index is 2.82. The molecule has 0 nitrogen and oxygen atoms in total. The van der Waals surface area contributed by atoms with Gasteiger partial charge < -0.3 is 0 Å². The number of hydrogen-bond acceptors (Lipinski definition) is 0. The van der Waals surface area contributed by atoms with Gasteiger partial charge in [0.2, 0.25) is 0 Å². The van der Waals surface area contributed by atoms with Gasteiger partial charge in [-0.15, -0.1) is 0 Å². The van der Waals surface area contributed by atoms with Gasteiger partial charge in [-0.3, -0.25) is 0 Å². The summed E-state index contributed by atoms with van der Waals surface area (Å²) in [5.41, 5.74) is 16.6. The maximum absolute atomic E-state index is 3.70. The fourth-order valence-corrected chi connectivity index (χ4v) is 41.7. The van der Waals surface area contributed by atoms with Gasteiger partial charge in [0.1, 0.15) is 0 Å². The first-order valence-corrected chi connectivity index (χ1v) is 34.0. The second-order valence-electron chi connectivity index (χ2n) is 13.4. The number of allylic oxidation sites excluding steroid dienone is 2. The zero-order chi connectivity index (χ0) is 28.4. The number of benzene rings is 4. The first-order chi connectivity index (χ1) is 19.0. The summed E-state index contributed by atoms with van der Waals surface area (Å²) in [4.78, 5) is 0. The molecule has 4 aromatic rings. The van der Waals surface area contributed by atoms with Crippen LogP contribution in [0.25, 0.3) is 34.4 Å². The number of hydrogen-bond donors (Lipinski definition) is 0. The molecule has 0 aliphatic heterocycles. The van der Waals surface area contributed by atoms with Crippen LogP contribution in [0.15, 0.2) is 84.9 Å². The Bertz CT molecular complexity index is 1660. The Morgan fingerprint density at radius 1 is 0.525 bits per heavy atom. The molecule has 0 saturated heterocycles. The van der Waals surface area contributed by atoms with Gasteiger partial charge in [0.15, 0.2) is 0 Å². The molecular formula is C38H42HfSi. The Balaban J connectivity index is 1.54. The summed E-state index contributed by atoms with van der Waals surface area (Å²) in [6.07, 6.45) is 10.2. The van der Waals surface area contributed by atoms with Gasteiger partial charge in [-0.25, -0.2) is 0 Å². The summed E-state index contributed by atoms with van der Waals surface area (Å²) in [5, 5.41) is 0. The monoisotopic (exact) mass is 706 g/mol. The zero-order valence-electron chi connectivity index (χ0n) is 25.4. The van der Waals surface area contributed by atoms with E-state index in [4.69, 9.17) is 0 Å². The minimum absolute atomic E-state index is 0.560. The Hall–Kier alpha value is -2.55. The molecule has 6 rings (SSSR count). The molecule has 0 amide bonds. The van der Waals surface area contributed by atoms with E-state index in [0.29, 0.717) is 7.35 Å². The molecule has 4 aromatic carbocycles. The number of fused-ring (bicyclic) bond motifs is 2. The third-order valence-electron chi connectivity index (χ3n) is 10.9. The van der Waals surface area contributed by atoms with Gasteiger partial charge in [-0.05, 0) is 0 Å². The van der Waals surface area contributed by atoms with E-state index in [1.807, 2.05) is 0 Å². The van der Waals surface area contributed by atoms with Crippen LogP contribution in [-0.2, 0) is 17.1 Å². The second-order valence-corrected chi connectivity index (χ2v) is 62.3. The van der Waals surface area contributed by atoms with Crippen LogP contribution in [0, 0.1) is 27.7 Å². The summed E-state index contributed by atoms with van der Waals surface area (Å²) in [5.74, 6) is 0. The number of rotatable bonds is 4. The van der Waals surface area contributed by atoms with Crippen molar-refractivity contribution in [2.75, 3.05) is 0 Å². The van der Waals surface area contributed by atoms with Crippen molar-refractivity contribution in [3.63, 3.8) is 0 Å². The van der Waals surface area contributed by atoms with Crippen molar-refractivity contribution in [2.45, 2.75) is 57.5 Å². The first kappa shape index (κ1) is 27.6. The van der Waals surface area contributed by atoms with Gasteiger partial charge in [0.25, 0.3) is 0 Å². The van der Waals surface area contributed by atoms with Gasteiger partial charge in [-0.2, -0.15) is 0 Å². The third kappa shape index (κ3) is 3.93. The molecular weight excluding hydrogens is 663 g/mol. The Labute approximate surface area is 242 Å². The molecule has 0 bridgehead atoms. The predicted octanol–water partition coefficient (Wildman–Crippen LogP) is 11.1. The number of aryl methyl sites for hydroxylation is 4. The Morgan fingerprint density at radius 2 is 0.875 bits per heavy atom. The molecule has 0 aromatic heterocycles. The average molecular weight is 705 g/mol. The van der Waals surface area contributed by atoms with Crippen LogP contribution in [0.3, 0.4) is 0 Å². The Morgan fingerprint density at radius 3 is 1.23 bits per heavy atom. The van der Waals surface area contributed by atoms with E-state index in [0.717, 1.165) is 0 Å². The van der Waals surface area contributed by atoms with Crippen LogP contribution in [0.4, 0.5) is 0 Å². The quantitative estimate of drug-likeness (QED) is 0.186. The molecule has 0 heterocycles. The molecule has 2 aliphatic rings. The van der Waals surface area contributed by atoms with E-state index in [1.54, 1.807) is 11.1 Å². The van der Waals surface area contributed by atoms with Gasteiger partial charge in [0.05, 0.1) is 0 Å². The standard InChI is InChI=1S/2C17H15.C2H6Si.2CH3.Hf/c2*1-12-6-3-7-13(2)17(12)16-11-5-9-14-8-4-10-15(14)16;1-3-2;;;/h2*3-11H,1-2H3;1-2H3;2*1H3;. The van der Waals surface area contributed by atoms with Crippen molar-refractivity contribution in [3.8, 4) is 22.3 Å². The summed E-state index contributed by atoms with van der Waals surface area (Å²) in [6.45, 7) is 14.3. The van der Waals surface area contributed by atoms with Crippen LogP contribution < -0.4 is 0 Å². The van der Waals surface area contributed by atoms with Crippen LogP contribution in [0.2, 0.25) is 22.5 Å². The van der Waals surface area contributed by atoms with Crippen molar-refractivity contribution in [3.05, 3.63) is 129 Å². The van der Waals surface area contributed by atoms with Crippen LogP contribution in [0.5, 0.6) is 0 Å². The molecule has 2 aliphatic carbocycles. The summed E-state index contributed by atoms with van der Waals surface area (Å²) >= 11 is -3.70.